The van der Waals surface area contributed by atoms with Crippen molar-refractivity contribution in [2.24, 2.45) is 5.73 Å². The molecule has 0 saturated carbocycles. The summed E-state index contributed by atoms with van der Waals surface area (Å²) in [6.07, 6.45) is 0.411. The topological polar surface area (TPSA) is 89.3 Å². The Hall–Kier alpha value is -1.27. The maximum absolute atomic E-state index is 12.1. The van der Waals surface area contributed by atoms with E-state index in [4.69, 9.17) is 15.4 Å². The van der Waals surface area contributed by atoms with Gasteiger partial charge in [-0.2, -0.15) is 0 Å². The van der Waals surface area contributed by atoms with E-state index in [2.05, 4.69) is 49.1 Å². The summed E-state index contributed by atoms with van der Waals surface area (Å²) >= 11 is -2.94. The molecule has 0 saturated heterocycles. The zero-order valence-electron chi connectivity index (χ0n) is 15.5. The fraction of sp³-hybridized carbons (Fsp3) is 0.316. The second-order valence-corrected chi connectivity index (χ2v) is 16.2. The number of benzene rings is 2. The molecule has 4 rings (SSSR count). The zero-order valence-corrected chi connectivity index (χ0v) is 18.8. The molecule has 2 bridgehead atoms. The summed E-state index contributed by atoms with van der Waals surface area (Å²) in [5.74, 6) is 0.215. The summed E-state index contributed by atoms with van der Waals surface area (Å²) < 4.78 is 26.6. The van der Waals surface area contributed by atoms with Gasteiger partial charge in [-0.1, -0.05) is 43.7 Å². The molecule has 2 aromatic carbocycles. The van der Waals surface area contributed by atoms with Gasteiger partial charge in [0.15, 0.2) is 0 Å². The number of hydrogen-bond donors (Lipinski definition) is 2. The number of halogens is 1. The second-order valence-electron chi connectivity index (χ2n) is 6.46. The molecule has 0 spiro atoms. The Morgan fingerprint density at radius 2 is 1.78 bits per heavy atom. The molecule has 149 valence electrons. The minimum absolute atomic E-state index is 0.195. The average molecular weight is 497 g/mol. The molecule has 1 amide bonds. The number of carbonyl (C=O) groups is 1. The van der Waals surface area contributed by atoms with Crippen LogP contribution >= 0.6 is 9.69 Å². The van der Waals surface area contributed by atoms with Crippen molar-refractivity contribution in [1.82, 2.24) is 4.06 Å². The molecule has 27 heavy (non-hydrogen) atoms. The molecule has 0 unspecified atom stereocenters. The molecule has 0 radical (unpaired) electrons. The first-order valence-corrected chi connectivity index (χ1v) is 15.1. The van der Waals surface area contributed by atoms with Gasteiger partial charge in [0.25, 0.3) is 0 Å². The summed E-state index contributed by atoms with van der Waals surface area (Å²) in [6, 6.07) is 13.2. The summed E-state index contributed by atoms with van der Waals surface area (Å²) in [7, 11) is 2.23. The fourth-order valence-electron chi connectivity index (χ4n) is 2.49. The van der Waals surface area contributed by atoms with Crippen molar-refractivity contribution < 1.29 is 27.2 Å². The molecule has 2 aliphatic heterocycles. The number of carbonyl (C=O) groups excluding carboxylic acids is 1. The van der Waals surface area contributed by atoms with Crippen LogP contribution in [0.4, 0.5) is 0 Å². The van der Waals surface area contributed by atoms with Crippen LogP contribution in [0, 0.1) is 6.92 Å². The molecule has 2 aliphatic rings. The van der Waals surface area contributed by atoms with Crippen molar-refractivity contribution in [3.05, 3.63) is 64.7 Å². The van der Waals surface area contributed by atoms with Crippen LogP contribution in [0.3, 0.4) is 0 Å². The molecular weight excluding hydrogens is 473 g/mol. The Balaban J connectivity index is 0.000000223. The van der Waals surface area contributed by atoms with Gasteiger partial charge in [-0.05, 0) is 18.4 Å². The van der Waals surface area contributed by atoms with Gasteiger partial charge in [-0.25, -0.2) is 0 Å². The van der Waals surface area contributed by atoms with Crippen molar-refractivity contribution >= 4 is 23.4 Å². The number of amides is 1. The molecule has 0 atom stereocenters. The van der Waals surface area contributed by atoms with E-state index in [1.165, 1.54) is 23.3 Å². The van der Waals surface area contributed by atoms with Crippen molar-refractivity contribution in [1.29, 1.82) is 0 Å². The van der Waals surface area contributed by atoms with Crippen LogP contribution in [0.25, 0.3) is 0 Å². The molecular formula is C19H24ClN2O3RuS. The normalized spacial score (nSPS) is 16.2. The molecule has 3 N–H and O–H groups in total. The molecule has 0 aromatic heterocycles. The SMILES string of the molecule is Cc1ccc(C(C)C)cc1.NCCc1cc2ccc1[S](=O)(=O)[Ru]([Cl])[NH]C2=O. The van der Waals surface area contributed by atoms with Gasteiger partial charge in [0.1, 0.15) is 0 Å². The van der Waals surface area contributed by atoms with E-state index >= 15 is 0 Å². The van der Waals surface area contributed by atoms with Crippen LogP contribution in [-0.4, -0.2) is 20.9 Å². The first-order valence-electron chi connectivity index (χ1n) is 8.46. The number of nitrogens with two attached hydrogens (primary N) is 1. The Morgan fingerprint density at radius 1 is 1.15 bits per heavy atom. The Bertz CT molecular complexity index is 915. The minimum atomic E-state index is -3.61. The van der Waals surface area contributed by atoms with Gasteiger partial charge in [-0.3, -0.25) is 0 Å². The molecule has 2 heterocycles. The standard InChI is InChI=1S/C10H14.C9H11N2O3S.ClH.Ru/c1-8(2)10-6-4-9(3)5-7-10;10-4-3-6-5-7(9(11)12)1-2-8(6)15(13)14;;/h4-8H,1-3H3;1-2,5H,3-4,10H2,(H2,11,12);1H;/q;;;+2/p-2. The van der Waals surface area contributed by atoms with Crippen LogP contribution < -0.4 is 9.79 Å². The first-order chi connectivity index (χ1) is 12.7. The van der Waals surface area contributed by atoms with Crippen LogP contribution in [0.2, 0.25) is 0 Å². The predicted molar refractivity (Wildman–Crippen MR) is 105 cm³/mol. The average Bonchev–Trinajstić information content (AvgIpc) is 2.62. The number of aryl methyl sites for hydroxylation is 1. The monoisotopic (exact) mass is 497 g/mol. The van der Waals surface area contributed by atoms with Crippen molar-refractivity contribution in [2.75, 3.05) is 6.54 Å². The Kier molecular flexibility index (Phi) is 7.58. The number of rotatable bonds is 3. The summed E-state index contributed by atoms with van der Waals surface area (Å²) in [6.45, 7) is 6.86. The Morgan fingerprint density at radius 3 is 2.33 bits per heavy atom. The third kappa shape index (κ3) is 5.38. The van der Waals surface area contributed by atoms with E-state index in [0.29, 0.717) is 30.0 Å². The van der Waals surface area contributed by atoms with Crippen LogP contribution in [-0.2, 0) is 28.2 Å². The third-order valence-electron chi connectivity index (χ3n) is 4.05. The summed E-state index contributed by atoms with van der Waals surface area (Å²) in [5.41, 5.74) is 9.19. The molecule has 0 fully saturated rings. The Labute approximate surface area is 169 Å². The van der Waals surface area contributed by atoms with Crippen LogP contribution in [0.1, 0.15) is 46.8 Å². The number of hydrogen-bond acceptors (Lipinski definition) is 4. The predicted octanol–water partition coefficient (Wildman–Crippen LogP) is 3.43. The first kappa shape index (κ1) is 22.0. The summed E-state index contributed by atoms with van der Waals surface area (Å²) in [5, 5.41) is 0. The summed E-state index contributed by atoms with van der Waals surface area (Å²) in [4.78, 5) is 11.9. The van der Waals surface area contributed by atoms with E-state index in [0.717, 1.165) is 0 Å². The molecule has 8 heteroatoms. The van der Waals surface area contributed by atoms with Crippen LogP contribution in [0.5, 0.6) is 0 Å². The van der Waals surface area contributed by atoms with E-state index in [-0.39, 0.29) is 4.90 Å². The van der Waals surface area contributed by atoms with Gasteiger partial charge >= 0.3 is 108 Å². The van der Waals surface area contributed by atoms with Crippen molar-refractivity contribution in [2.45, 2.75) is 38.0 Å². The van der Waals surface area contributed by atoms with Crippen molar-refractivity contribution in [3.63, 3.8) is 0 Å². The second kappa shape index (κ2) is 9.29. The quantitative estimate of drug-likeness (QED) is 0.637. The molecule has 0 aliphatic carbocycles. The van der Waals surface area contributed by atoms with Gasteiger partial charge in [-0.15, -0.1) is 0 Å². The van der Waals surface area contributed by atoms with E-state index in [1.54, 1.807) is 6.07 Å². The molecule has 2 aromatic rings. The third-order valence-corrected chi connectivity index (χ3v) is 13.0. The van der Waals surface area contributed by atoms with Crippen molar-refractivity contribution in [3.8, 4) is 0 Å². The molecule has 5 nitrogen and oxygen atoms in total. The van der Waals surface area contributed by atoms with Gasteiger partial charge in [0.05, 0.1) is 0 Å². The maximum atomic E-state index is 12.1. The van der Waals surface area contributed by atoms with Crippen LogP contribution in [0.15, 0.2) is 47.4 Å². The van der Waals surface area contributed by atoms with Gasteiger partial charge in [0, 0.05) is 0 Å². The van der Waals surface area contributed by atoms with E-state index in [9.17, 15) is 13.2 Å². The fourth-order valence-corrected chi connectivity index (χ4v) is 8.51. The number of nitrogens with one attached hydrogen (secondary N) is 1. The van der Waals surface area contributed by atoms with E-state index < -0.39 is 27.7 Å². The van der Waals surface area contributed by atoms with E-state index in [1.807, 2.05) is 0 Å². The number of fused-ring (bicyclic) bond motifs is 5. The van der Waals surface area contributed by atoms with Gasteiger partial charge < -0.3 is 0 Å². The zero-order chi connectivity index (χ0) is 20.2. The van der Waals surface area contributed by atoms with Gasteiger partial charge in [0.2, 0.25) is 0 Å².